The highest BCUT2D eigenvalue weighted by molar-refractivity contribution is 5.54. The van der Waals surface area contributed by atoms with E-state index in [1.807, 2.05) is 6.07 Å². The second-order valence-electron chi connectivity index (χ2n) is 5.39. The van der Waals surface area contributed by atoms with E-state index in [1.165, 1.54) is 6.07 Å². The molecule has 0 aliphatic carbocycles. The van der Waals surface area contributed by atoms with E-state index in [4.69, 9.17) is 9.47 Å². The molecular weight excluding hydrogens is 271 g/mol. The Balaban J connectivity index is 2.11. The lowest BCUT2D eigenvalue weighted by Crippen LogP contribution is -2.32. The van der Waals surface area contributed by atoms with Crippen molar-refractivity contribution in [3.63, 3.8) is 0 Å². The van der Waals surface area contributed by atoms with Crippen molar-refractivity contribution in [3.8, 4) is 0 Å². The third-order valence-electron chi connectivity index (χ3n) is 3.67. The van der Waals surface area contributed by atoms with Crippen molar-refractivity contribution in [2.75, 3.05) is 44.9 Å². The molecule has 1 N–H and O–H groups in total. The molecule has 1 aliphatic rings. The molecule has 1 unspecified atom stereocenters. The Morgan fingerprint density at radius 1 is 1.48 bits per heavy atom. The molecule has 1 heterocycles. The normalized spacial score (nSPS) is 19.6. The highest BCUT2D eigenvalue weighted by Crippen LogP contribution is 2.25. The summed E-state index contributed by atoms with van der Waals surface area (Å²) < 4.78 is 24.9. The van der Waals surface area contributed by atoms with Gasteiger partial charge in [0.05, 0.1) is 12.7 Å². The molecule has 0 saturated carbocycles. The Morgan fingerprint density at radius 2 is 2.33 bits per heavy atom. The van der Waals surface area contributed by atoms with Crippen LogP contribution in [-0.4, -0.2) is 46.1 Å². The number of halogens is 1. The van der Waals surface area contributed by atoms with Crippen molar-refractivity contribution in [1.29, 1.82) is 0 Å². The van der Waals surface area contributed by atoms with Gasteiger partial charge in [0.25, 0.3) is 0 Å². The Kier molecular flexibility index (Phi) is 6.42. The van der Waals surface area contributed by atoms with E-state index < -0.39 is 0 Å². The third-order valence-corrected chi connectivity index (χ3v) is 3.67. The van der Waals surface area contributed by atoms with Gasteiger partial charge in [-0.2, -0.15) is 0 Å². The average Bonchev–Trinajstić information content (AvgIpc) is 2.69. The standard InChI is InChI=1S/C16H25FN2O2/c1-13-12-19(8-4-9-21-13)16-6-3-5-15(17)14(16)11-18-7-10-20-2/h3,5-6,13,18H,4,7-12H2,1-2H3. The van der Waals surface area contributed by atoms with Gasteiger partial charge >= 0.3 is 0 Å². The molecule has 0 spiro atoms. The predicted molar refractivity (Wildman–Crippen MR) is 82.2 cm³/mol. The fourth-order valence-electron chi connectivity index (χ4n) is 2.62. The fourth-order valence-corrected chi connectivity index (χ4v) is 2.62. The van der Waals surface area contributed by atoms with Crippen LogP contribution in [0.3, 0.4) is 0 Å². The van der Waals surface area contributed by atoms with Gasteiger partial charge in [0, 0.05) is 51.1 Å². The van der Waals surface area contributed by atoms with E-state index >= 15 is 0 Å². The molecule has 118 valence electrons. The molecule has 0 aromatic heterocycles. The van der Waals surface area contributed by atoms with Crippen molar-refractivity contribution in [2.24, 2.45) is 0 Å². The van der Waals surface area contributed by atoms with Gasteiger partial charge < -0.3 is 19.7 Å². The van der Waals surface area contributed by atoms with E-state index in [2.05, 4.69) is 17.1 Å². The molecule has 5 heteroatoms. The number of hydrogen-bond acceptors (Lipinski definition) is 4. The number of anilines is 1. The lowest BCUT2D eigenvalue weighted by atomic mass is 10.1. The molecule has 21 heavy (non-hydrogen) atoms. The summed E-state index contributed by atoms with van der Waals surface area (Å²) in [7, 11) is 1.66. The maximum atomic E-state index is 14.2. The van der Waals surface area contributed by atoms with Gasteiger partial charge in [-0.25, -0.2) is 4.39 Å². The van der Waals surface area contributed by atoms with Crippen LogP contribution in [-0.2, 0) is 16.0 Å². The highest BCUT2D eigenvalue weighted by atomic mass is 19.1. The third kappa shape index (κ3) is 4.66. The summed E-state index contributed by atoms with van der Waals surface area (Å²) in [5.74, 6) is -0.157. The number of rotatable bonds is 6. The molecular formula is C16H25FN2O2. The number of hydrogen-bond donors (Lipinski definition) is 1. The lowest BCUT2D eigenvalue weighted by molar-refractivity contribution is 0.0820. The zero-order chi connectivity index (χ0) is 15.1. The van der Waals surface area contributed by atoms with Gasteiger partial charge in [-0.05, 0) is 25.5 Å². The Morgan fingerprint density at radius 3 is 3.14 bits per heavy atom. The molecule has 1 aromatic rings. The second kappa shape index (κ2) is 8.32. The molecule has 0 bridgehead atoms. The molecule has 1 fully saturated rings. The van der Waals surface area contributed by atoms with Crippen molar-refractivity contribution in [1.82, 2.24) is 5.32 Å². The summed E-state index contributed by atoms with van der Waals surface area (Å²) in [5.41, 5.74) is 1.69. The van der Waals surface area contributed by atoms with Crippen LogP contribution < -0.4 is 10.2 Å². The minimum absolute atomic E-state index is 0.157. The number of ether oxygens (including phenoxy) is 2. The molecule has 1 saturated heterocycles. The molecule has 2 rings (SSSR count). The maximum absolute atomic E-state index is 14.2. The van der Waals surface area contributed by atoms with Crippen LogP contribution >= 0.6 is 0 Å². The van der Waals surface area contributed by atoms with Gasteiger partial charge in [-0.3, -0.25) is 0 Å². The van der Waals surface area contributed by atoms with Crippen molar-refractivity contribution in [3.05, 3.63) is 29.6 Å². The van der Waals surface area contributed by atoms with Crippen LogP contribution in [0.15, 0.2) is 18.2 Å². The number of nitrogens with zero attached hydrogens (tertiary/aromatic N) is 1. The predicted octanol–water partition coefficient (Wildman–Crippen LogP) is 2.18. The zero-order valence-electron chi connectivity index (χ0n) is 12.9. The summed E-state index contributed by atoms with van der Waals surface area (Å²) in [5, 5.41) is 3.23. The van der Waals surface area contributed by atoms with Crippen LogP contribution in [0.4, 0.5) is 10.1 Å². The van der Waals surface area contributed by atoms with Crippen LogP contribution in [0.2, 0.25) is 0 Å². The van der Waals surface area contributed by atoms with E-state index in [-0.39, 0.29) is 11.9 Å². The summed E-state index contributed by atoms with van der Waals surface area (Å²) in [6, 6.07) is 5.29. The lowest BCUT2D eigenvalue weighted by Gasteiger charge is -2.27. The topological polar surface area (TPSA) is 33.7 Å². The van der Waals surface area contributed by atoms with Crippen molar-refractivity contribution in [2.45, 2.75) is 26.0 Å². The van der Waals surface area contributed by atoms with Gasteiger partial charge in [-0.15, -0.1) is 0 Å². The summed E-state index contributed by atoms with van der Waals surface area (Å²) in [6.07, 6.45) is 1.14. The first kappa shape index (κ1) is 16.2. The van der Waals surface area contributed by atoms with E-state index in [9.17, 15) is 4.39 Å². The first-order chi connectivity index (χ1) is 10.2. The Bertz CT molecular complexity index is 442. The first-order valence-corrected chi connectivity index (χ1v) is 7.56. The van der Waals surface area contributed by atoms with E-state index in [0.717, 1.165) is 37.4 Å². The number of nitrogens with one attached hydrogen (secondary N) is 1. The van der Waals surface area contributed by atoms with Gasteiger partial charge in [0.2, 0.25) is 0 Å². The minimum Gasteiger partial charge on any atom is -0.383 e. The van der Waals surface area contributed by atoms with Crippen LogP contribution in [0.1, 0.15) is 18.9 Å². The van der Waals surface area contributed by atoms with E-state index in [1.54, 1.807) is 13.2 Å². The monoisotopic (exact) mass is 296 g/mol. The largest absolute Gasteiger partial charge is 0.383 e. The molecule has 0 amide bonds. The smallest absolute Gasteiger partial charge is 0.129 e. The van der Waals surface area contributed by atoms with Crippen molar-refractivity contribution >= 4 is 5.69 Å². The average molecular weight is 296 g/mol. The second-order valence-corrected chi connectivity index (χ2v) is 5.39. The number of benzene rings is 1. The molecule has 4 nitrogen and oxygen atoms in total. The summed E-state index contributed by atoms with van der Waals surface area (Å²) in [4.78, 5) is 2.23. The molecule has 1 aliphatic heterocycles. The van der Waals surface area contributed by atoms with Crippen molar-refractivity contribution < 1.29 is 13.9 Å². The van der Waals surface area contributed by atoms with Crippen LogP contribution in [0.25, 0.3) is 0 Å². The van der Waals surface area contributed by atoms with Crippen LogP contribution in [0, 0.1) is 5.82 Å². The molecule has 0 radical (unpaired) electrons. The van der Waals surface area contributed by atoms with E-state index in [0.29, 0.717) is 19.7 Å². The van der Waals surface area contributed by atoms with Crippen LogP contribution in [0.5, 0.6) is 0 Å². The molecule has 1 atom stereocenters. The Hall–Kier alpha value is -1.17. The SMILES string of the molecule is COCCNCc1c(F)cccc1N1CCCOC(C)C1. The zero-order valence-corrected chi connectivity index (χ0v) is 12.9. The number of methoxy groups -OCH3 is 1. The molecule has 1 aromatic carbocycles. The Labute approximate surface area is 126 Å². The first-order valence-electron chi connectivity index (χ1n) is 7.56. The van der Waals surface area contributed by atoms with Gasteiger partial charge in [0.15, 0.2) is 0 Å². The summed E-state index contributed by atoms with van der Waals surface area (Å²) in [6.45, 7) is 6.38. The fraction of sp³-hybridized carbons (Fsp3) is 0.625. The maximum Gasteiger partial charge on any atom is 0.129 e. The van der Waals surface area contributed by atoms with Gasteiger partial charge in [-0.1, -0.05) is 6.07 Å². The minimum atomic E-state index is -0.157. The summed E-state index contributed by atoms with van der Waals surface area (Å²) >= 11 is 0. The highest BCUT2D eigenvalue weighted by Gasteiger charge is 2.19. The quantitative estimate of drug-likeness (QED) is 0.816. The van der Waals surface area contributed by atoms with Gasteiger partial charge in [0.1, 0.15) is 5.82 Å².